The Morgan fingerprint density at radius 1 is 1.50 bits per heavy atom. The Morgan fingerprint density at radius 3 is 3.00 bits per heavy atom. The number of hydrogen-bond acceptors (Lipinski definition) is 3. The molecule has 74 valence electrons. The molecule has 1 aromatic carbocycles. The average Bonchev–Trinajstić information content (AvgIpc) is 2.70. The fourth-order valence-electron chi connectivity index (χ4n) is 1.38. The van der Waals surface area contributed by atoms with Gasteiger partial charge in [0.15, 0.2) is 0 Å². The predicted molar refractivity (Wildman–Crippen MR) is 58.1 cm³/mol. The number of methoxy groups -OCH3 is 1. The number of ether oxygens (including phenoxy) is 2. The topological polar surface area (TPSA) is 30.8 Å². The average molecular weight is 256 g/mol. The van der Waals surface area contributed by atoms with Gasteiger partial charge in [-0.1, -0.05) is 6.07 Å². The van der Waals surface area contributed by atoms with E-state index in [1.165, 1.54) is 0 Å². The Morgan fingerprint density at radius 2 is 2.36 bits per heavy atom. The van der Waals surface area contributed by atoms with Gasteiger partial charge in [-0.2, -0.15) is 0 Å². The van der Waals surface area contributed by atoms with Crippen molar-refractivity contribution >= 4 is 21.8 Å². The number of hydrogen-bond donors (Lipinski definition) is 0. The van der Waals surface area contributed by atoms with E-state index in [0.717, 1.165) is 22.3 Å². The molecule has 0 amide bonds. The van der Waals surface area contributed by atoms with Gasteiger partial charge in [0.25, 0.3) is 0 Å². The first-order valence-electron chi connectivity index (χ1n) is 4.33. The number of halogens is 1. The highest BCUT2D eigenvalue weighted by Gasteiger charge is 2.16. The third-order valence-corrected chi connectivity index (χ3v) is 2.61. The Balaban J connectivity index is 2.46. The zero-order chi connectivity index (χ0) is 9.97. The Labute approximate surface area is 90.9 Å². The summed E-state index contributed by atoms with van der Waals surface area (Å²) in [5.74, 6) is 1.44. The number of nitrogens with zero attached hydrogens (tertiary/aromatic N) is 1. The van der Waals surface area contributed by atoms with Crippen LogP contribution in [0.3, 0.4) is 0 Å². The van der Waals surface area contributed by atoms with Crippen LogP contribution >= 0.6 is 15.9 Å². The molecule has 1 aromatic rings. The van der Waals surface area contributed by atoms with Gasteiger partial charge in [-0.3, -0.25) is 0 Å². The smallest absolute Gasteiger partial charge is 0.220 e. The zero-order valence-corrected chi connectivity index (χ0v) is 9.37. The molecule has 0 unspecified atom stereocenters. The van der Waals surface area contributed by atoms with Gasteiger partial charge >= 0.3 is 0 Å². The van der Waals surface area contributed by atoms with Crippen LogP contribution in [0, 0.1) is 0 Å². The van der Waals surface area contributed by atoms with Crippen LogP contribution in [0.2, 0.25) is 0 Å². The maximum absolute atomic E-state index is 5.39. The first kappa shape index (κ1) is 9.52. The summed E-state index contributed by atoms with van der Waals surface area (Å²) >= 11 is 3.42. The van der Waals surface area contributed by atoms with Crippen molar-refractivity contribution in [1.82, 2.24) is 0 Å². The van der Waals surface area contributed by atoms with Gasteiger partial charge in [0, 0.05) is 0 Å². The fourth-order valence-corrected chi connectivity index (χ4v) is 1.91. The maximum atomic E-state index is 5.39. The molecule has 14 heavy (non-hydrogen) atoms. The van der Waals surface area contributed by atoms with Crippen LogP contribution in [0.4, 0.5) is 0 Å². The summed E-state index contributed by atoms with van der Waals surface area (Å²) in [4.78, 5) is 4.25. The van der Waals surface area contributed by atoms with E-state index in [1.807, 2.05) is 18.2 Å². The standard InChI is InChI=1S/C10H10BrNO2/c1-13-9-7(3-2-4-8(9)11)10-12-5-6-14-10/h2-4H,5-6H2,1H3. The lowest BCUT2D eigenvalue weighted by Gasteiger charge is -2.09. The summed E-state index contributed by atoms with van der Waals surface area (Å²) in [5.41, 5.74) is 0.902. The van der Waals surface area contributed by atoms with E-state index in [2.05, 4.69) is 20.9 Å². The lowest BCUT2D eigenvalue weighted by atomic mass is 10.2. The lowest BCUT2D eigenvalue weighted by molar-refractivity contribution is 0.345. The lowest BCUT2D eigenvalue weighted by Crippen LogP contribution is -2.04. The van der Waals surface area contributed by atoms with Crippen LogP contribution in [0.15, 0.2) is 27.7 Å². The molecule has 0 spiro atoms. The van der Waals surface area contributed by atoms with Gasteiger partial charge in [0.1, 0.15) is 12.4 Å². The quantitative estimate of drug-likeness (QED) is 0.812. The van der Waals surface area contributed by atoms with Crippen LogP contribution in [-0.2, 0) is 4.74 Å². The molecule has 0 atom stereocenters. The third-order valence-electron chi connectivity index (χ3n) is 1.99. The van der Waals surface area contributed by atoms with E-state index < -0.39 is 0 Å². The molecule has 0 aromatic heterocycles. The van der Waals surface area contributed by atoms with Crippen molar-refractivity contribution in [3.05, 3.63) is 28.2 Å². The van der Waals surface area contributed by atoms with Crippen molar-refractivity contribution in [2.24, 2.45) is 4.99 Å². The summed E-state index contributed by atoms with van der Waals surface area (Å²) in [6.07, 6.45) is 0. The Bertz CT molecular complexity index is 376. The molecule has 0 fully saturated rings. The molecule has 1 aliphatic rings. The monoisotopic (exact) mass is 255 g/mol. The molecule has 4 heteroatoms. The van der Waals surface area contributed by atoms with Crippen LogP contribution in [0.1, 0.15) is 5.56 Å². The molecule has 0 N–H and O–H groups in total. The van der Waals surface area contributed by atoms with Crippen molar-refractivity contribution < 1.29 is 9.47 Å². The fraction of sp³-hybridized carbons (Fsp3) is 0.300. The van der Waals surface area contributed by atoms with Gasteiger partial charge in [-0.05, 0) is 28.1 Å². The van der Waals surface area contributed by atoms with Gasteiger partial charge in [0.2, 0.25) is 5.90 Å². The highest BCUT2D eigenvalue weighted by molar-refractivity contribution is 9.10. The molecule has 0 saturated carbocycles. The molecule has 0 saturated heterocycles. The normalized spacial score (nSPS) is 14.9. The van der Waals surface area contributed by atoms with Crippen molar-refractivity contribution in [3.8, 4) is 5.75 Å². The highest BCUT2D eigenvalue weighted by atomic mass is 79.9. The SMILES string of the molecule is COc1c(Br)cccc1C1=NCCO1. The van der Waals surface area contributed by atoms with Gasteiger partial charge < -0.3 is 9.47 Å². The number of benzene rings is 1. The van der Waals surface area contributed by atoms with E-state index in [-0.39, 0.29) is 0 Å². The molecule has 1 heterocycles. The molecule has 0 aliphatic carbocycles. The number of aliphatic imine (C=N–C) groups is 1. The van der Waals surface area contributed by atoms with Crippen molar-refractivity contribution in [1.29, 1.82) is 0 Å². The van der Waals surface area contributed by atoms with E-state index >= 15 is 0 Å². The molecule has 2 rings (SSSR count). The highest BCUT2D eigenvalue weighted by Crippen LogP contribution is 2.29. The van der Waals surface area contributed by atoms with E-state index in [1.54, 1.807) is 7.11 Å². The molecule has 0 radical (unpaired) electrons. The molecular formula is C10H10BrNO2. The third kappa shape index (κ3) is 1.62. The summed E-state index contributed by atoms with van der Waals surface area (Å²) in [5, 5.41) is 0. The second-order valence-corrected chi connectivity index (χ2v) is 3.71. The Hall–Kier alpha value is -1.03. The van der Waals surface area contributed by atoms with Gasteiger partial charge in [-0.15, -0.1) is 0 Å². The van der Waals surface area contributed by atoms with Crippen LogP contribution in [0.5, 0.6) is 5.75 Å². The van der Waals surface area contributed by atoms with Crippen LogP contribution in [0.25, 0.3) is 0 Å². The minimum Gasteiger partial charge on any atom is -0.495 e. The van der Waals surface area contributed by atoms with Crippen molar-refractivity contribution in [2.75, 3.05) is 20.3 Å². The first-order chi connectivity index (χ1) is 6.83. The van der Waals surface area contributed by atoms with Gasteiger partial charge in [-0.25, -0.2) is 4.99 Å². The predicted octanol–water partition coefficient (Wildman–Crippen LogP) is 2.23. The van der Waals surface area contributed by atoms with Gasteiger partial charge in [0.05, 0.1) is 23.7 Å². The maximum Gasteiger partial charge on any atom is 0.220 e. The second-order valence-electron chi connectivity index (χ2n) is 2.86. The minimum atomic E-state index is 0.658. The zero-order valence-electron chi connectivity index (χ0n) is 7.79. The molecule has 0 bridgehead atoms. The van der Waals surface area contributed by atoms with E-state index in [4.69, 9.17) is 9.47 Å². The summed E-state index contributed by atoms with van der Waals surface area (Å²) < 4.78 is 11.6. The largest absolute Gasteiger partial charge is 0.495 e. The van der Waals surface area contributed by atoms with Crippen molar-refractivity contribution in [3.63, 3.8) is 0 Å². The molecule has 1 aliphatic heterocycles. The summed E-state index contributed by atoms with van der Waals surface area (Å²) in [6, 6.07) is 5.80. The first-order valence-corrected chi connectivity index (χ1v) is 5.12. The number of para-hydroxylation sites is 1. The van der Waals surface area contributed by atoms with Crippen LogP contribution < -0.4 is 4.74 Å². The minimum absolute atomic E-state index is 0.658. The number of rotatable bonds is 2. The molecular weight excluding hydrogens is 246 g/mol. The summed E-state index contributed by atoms with van der Waals surface area (Å²) in [6.45, 7) is 1.38. The van der Waals surface area contributed by atoms with E-state index in [0.29, 0.717) is 12.5 Å². The second kappa shape index (κ2) is 4.00. The van der Waals surface area contributed by atoms with Crippen molar-refractivity contribution in [2.45, 2.75) is 0 Å². The van der Waals surface area contributed by atoms with Crippen LogP contribution in [-0.4, -0.2) is 26.2 Å². The Kier molecular flexibility index (Phi) is 2.72. The summed E-state index contributed by atoms with van der Waals surface area (Å²) in [7, 11) is 1.64. The molecule has 3 nitrogen and oxygen atoms in total. The van der Waals surface area contributed by atoms with E-state index in [9.17, 15) is 0 Å².